The molecule has 0 saturated carbocycles. The lowest BCUT2D eigenvalue weighted by Crippen LogP contribution is -2.24. The summed E-state index contributed by atoms with van der Waals surface area (Å²) in [6, 6.07) is 3.53. The number of nitrogens with two attached hydrogens (primary N) is 2. The molecule has 0 aliphatic rings. The van der Waals surface area contributed by atoms with Gasteiger partial charge in [0.1, 0.15) is 17.0 Å². The Labute approximate surface area is 181 Å². The second-order valence-electron chi connectivity index (χ2n) is 7.50. The molecule has 0 bridgehead atoms. The number of aliphatic hydroxyl groups excluding tert-OH is 1. The Hall–Kier alpha value is -3.11. The van der Waals surface area contributed by atoms with Crippen molar-refractivity contribution in [3.63, 3.8) is 0 Å². The summed E-state index contributed by atoms with van der Waals surface area (Å²) in [5, 5.41) is 17.5. The van der Waals surface area contributed by atoms with Crippen LogP contribution in [0.5, 0.6) is 11.5 Å². The van der Waals surface area contributed by atoms with Gasteiger partial charge in [0, 0.05) is 6.04 Å². The quantitative estimate of drug-likeness (QED) is 0.380. The average molecular weight is 430 g/mol. The summed E-state index contributed by atoms with van der Waals surface area (Å²) in [5.74, 6) is 1.97. The van der Waals surface area contributed by atoms with Crippen molar-refractivity contribution in [1.82, 2.24) is 19.7 Å². The molecule has 6 N–H and O–H groups in total. The van der Waals surface area contributed by atoms with E-state index in [0.29, 0.717) is 34.9 Å². The van der Waals surface area contributed by atoms with E-state index < -0.39 is 0 Å². The van der Waals surface area contributed by atoms with Crippen molar-refractivity contribution in [2.24, 2.45) is 5.73 Å². The van der Waals surface area contributed by atoms with Crippen LogP contribution in [0.15, 0.2) is 18.3 Å². The molecule has 3 rings (SSSR count). The smallest absolute Gasteiger partial charge is 0.222 e. The van der Waals surface area contributed by atoms with Crippen molar-refractivity contribution >= 4 is 22.8 Å². The Balaban J connectivity index is 2.00. The summed E-state index contributed by atoms with van der Waals surface area (Å²) < 4.78 is 12.9. The summed E-state index contributed by atoms with van der Waals surface area (Å²) >= 11 is 0. The highest BCUT2D eigenvalue weighted by molar-refractivity contribution is 5.86. The maximum atomic E-state index is 9.64. The fourth-order valence-corrected chi connectivity index (χ4v) is 3.49. The summed E-state index contributed by atoms with van der Waals surface area (Å²) in [6.45, 7) is 4.34. The summed E-state index contributed by atoms with van der Waals surface area (Å²) in [5.41, 5.74) is 14.9. The number of anilines is 2. The Kier molecular flexibility index (Phi) is 7.13. The van der Waals surface area contributed by atoms with Gasteiger partial charge in [0.15, 0.2) is 11.3 Å². The molecule has 1 aromatic carbocycles. The van der Waals surface area contributed by atoms with E-state index in [0.717, 1.165) is 24.0 Å². The number of aliphatic hydroxyl groups is 1. The van der Waals surface area contributed by atoms with Gasteiger partial charge in [-0.25, -0.2) is 4.98 Å². The number of hydrogen-bond acceptors (Lipinski definition) is 9. The topological polar surface area (TPSA) is 146 Å². The highest BCUT2D eigenvalue weighted by Crippen LogP contribution is 2.33. The van der Waals surface area contributed by atoms with Crippen molar-refractivity contribution in [2.75, 3.05) is 31.9 Å². The Morgan fingerprint density at radius 1 is 1.19 bits per heavy atom. The van der Waals surface area contributed by atoms with Crippen LogP contribution in [0.1, 0.15) is 43.9 Å². The summed E-state index contributed by atoms with van der Waals surface area (Å²) in [6.07, 6.45) is 3.51. The van der Waals surface area contributed by atoms with Gasteiger partial charge in [0.05, 0.1) is 45.2 Å². The van der Waals surface area contributed by atoms with Gasteiger partial charge in [0.25, 0.3) is 0 Å². The first-order chi connectivity index (χ1) is 14.9. The highest BCUT2D eigenvalue weighted by Gasteiger charge is 2.18. The number of nitrogens with zero attached hydrogens (tertiary/aromatic N) is 4. The van der Waals surface area contributed by atoms with E-state index in [1.807, 2.05) is 19.1 Å². The van der Waals surface area contributed by atoms with Crippen LogP contribution in [0, 0.1) is 0 Å². The zero-order valence-electron chi connectivity index (χ0n) is 18.4. The summed E-state index contributed by atoms with van der Waals surface area (Å²) in [4.78, 5) is 8.60. The SMILES string of the molecule is CCC[C@@H](CO)Nc1nc(N)nc2cn(Cc3c(OC)cc(C(C)N)cc3OC)nc12. The van der Waals surface area contributed by atoms with E-state index in [4.69, 9.17) is 20.9 Å². The minimum Gasteiger partial charge on any atom is -0.496 e. The van der Waals surface area contributed by atoms with E-state index in [1.54, 1.807) is 25.1 Å². The van der Waals surface area contributed by atoms with E-state index in [-0.39, 0.29) is 24.6 Å². The Bertz CT molecular complexity index is 1010. The molecule has 10 heteroatoms. The van der Waals surface area contributed by atoms with Crippen molar-refractivity contribution < 1.29 is 14.6 Å². The number of methoxy groups -OCH3 is 2. The molecule has 3 aromatic rings. The first-order valence-corrected chi connectivity index (χ1v) is 10.3. The molecule has 0 fully saturated rings. The van der Waals surface area contributed by atoms with Crippen LogP contribution in [0.25, 0.3) is 11.0 Å². The number of benzene rings is 1. The van der Waals surface area contributed by atoms with Crippen molar-refractivity contribution in [3.8, 4) is 11.5 Å². The van der Waals surface area contributed by atoms with Gasteiger partial charge in [-0.3, -0.25) is 4.68 Å². The lowest BCUT2D eigenvalue weighted by atomic mass is 10.0. The number of hydrogen-bond donors (Lipinski definition) is 4. The van der Waals surface area contributed by atoms with Gasteiger partial charge in [-0.15, -0.1) is 0 Å². The first-order valence-electron chi connectivity index (χ1n) is 10.3. The molecule has 10 nitrogen and oxygen atoms in total. The number of ether oxygens (including phenoxy) is 2. The molecule has 0 spiro atoms. The van der Waals surface area contributed by atoms with E-state index in [9.17, 15) is 5.11 Å². The second-order valence-corrected chi connectivity index (χ2v) is 7.50. The molecule has 1 unspecified atom stereocenters. The molecule has 168 valence electrons. The van der Waals surface area contributed by atoms with Crippen LogP contribution >= 0.6 is 0 Å². The van der Waals surface area contributed by atoms with Crippen LogP contribution < -0.4 is 26.3 Å². The second kappa shape index (κ2) is 9.80. The predicted molar refractivity (Wildman–Crippen MR) is 120 cm³/mol. The standard InChI is InChI=1S/C21H31N7O3/c1-5-6-14(11-29)24-20-19-16(25-21(23)26-20)10-28(27-19)9-15-17(30-3)7-13(12(2)22)8-18(15)31-4/h7-8,10,12,14,29H,5-6,9,11,22H2,1-4H3,(H3,23,24,25,26)/t12?,14-/m0/s1. The van der Waals surface area contributed by atoms with Crippen LogP contribution in [-0.4, -0.2) is 51.7 Å². The minimum atomic E-state index is -0.154. The normalized spacial score (nSPS) is 13.2. The third-order valence-electron chi connectivity index (χ3n) is 5.10. The number of nitrogens with one attached hydrogen (secondary N) is 1. The third kappa shape index (κ3) is 4.97. The molecule has 2 atom stereocenters. The predicted octanol–water partition coefficient (Wildman–Crippen LogP) is 2.07. The molecular weight excluding hydrogens is 398 g/mol. The molecule has 0 amide bonds. The van der Waals surface area contributed by atoms with Gasteiger partial charge < -0.3 is 31.4 Å². The largest absolute Gasteiger partial charge is 0.496 e. The minimum absolute atomic E-state index is 0.0136. The lowest BCUT2D eigenvalue weighted by Gasteiger charge is -2.17. The lowest BCUT2D eigenvalue weighted by molar-refractivity contribution is 0.268. The molecular formula is C21H31N7O3. The van der Waals surface area contributed by atoms with E-state index in [2.05, 4.69) is 27.3 Å². The fraction of sp³-hybridized carbons (Fsp3) is 0.476. The monoisotopic (exact) mass is 429 g/mol. The molecule has 2 heterocycles. The molecule has 2 aromatic heterocycles. The summed E-state index contributed by atoms with van der Waals surface area (Å²) in [7, 11) is 3.22. The first kappa shape index (κ1) is 22.6. The zero-order chi connectivity index (χ0) is 22.5. The molecule has 0 radical (unpaired) electrons. The average Bonchev–Trinajstić information content (AvgIpc) is 3.15. The number of rotatable bonds is 10. The van der Waals surface area contributed by atoms with Crippen molar-refractivity contribution in [2.45, 2.75) is 45.3 Å². The van der Waals surface area contributed by atoms with Crippen molar-refractivity contribution in [1.29, 1.82) is 0 Å². The fourth-order valence-electron chi connectivity index (χ4n) is 3.49. The van der Waals surface area contributed by atoms with Gasteiger partial charge in [-0.1, -0.05) is 13.3 Å². The molecule has 31 heavy (non-hydrogen) atoms. The molecule has 0 saturated heterocycles. The van der Waals surface area contributed by atoms with Crippen LogP contribution in [0.2, 0.25) is 0 Å². The maximum absolute atomic E-state index is 9.64. The van der Waals surface area contributed by atoms with Gasteiger partial charge in [-0.2, -0.15) is 10.1 Å². The van der Waals surface area contributed by atoms with Gasteiger partial charge in [0.2, 0.25) is 5.95 Å². The zero-order valence-corrected chi connectivity index (χ0v) is 18.4. The Morgan fingerprint density at radius 2 is 1.87 bits per heavy atom. The number of fused-ring (bicyclic) bond motifs is 1. The number of aromatic nitrogens is 4. The van der Waals surface area contributed by atoms with E-state index in [1.165, 1.54) is 0 Å². The Morgan fingerprint density at radius 3 is 2.42 bits per heavy atom. The molecule has 0 aliphatic heterocycles. The number of nitrogen functional groups attached to an aromatic ring is 1. The van der Waals surface area contributed by atoms with Crippen LogP contribution in [-0.2, 0) is 6.54 Å². The van der Waals surface area contributed by atoms with Crippen LogP contribution in [0.4, 0.5) is 11.8 Å². The maximum Gasteiger partial charge on any atom is 0.222 e. The van der Waals surface area contributed by atoms with Crippen molar-refractivity contribution in [3.05, 3.63) is 29.5 Å². The van der Waals surface area contributed by atoms with Gasteiger partial charge in [-0.05, 0) is 31.0 Å². The van der Waals surface area contributed by atoms with Crippen LogP contribution in [0.3, 0.4) is 0 Å². The third-order valence-corrected chi connectivity index (χ3v) is 5.10. The highest BCUT2D eigenvalue weighted by atomic mass is 16.5. The van der Waals surface area contributed by atoms with Gasteiger partial charge >= 0.3 is 0 Å². The molecule has 0 aliphatic carbocycles. The van der Waals surface area contributed by atoms with E-state index >= 15 is 0 Å².